The Balaban J connectivity index is 1.91. The number of fused-ring (bicyclic) bond motifs is 1. The molecule has 3 rings (SSSR count). The van der Waals surface area contributed by atoms with Gasteiger partial charge in [0, 0.05) is 17.6 Å². The molecule has 0 fully saturated rings. The molecule has 3 aromatic rings. The third-order valence-corrected chi connectivity index (χ3v) is 4.94. The number of hydrogen-bond acceptors (Lipinski definition) is 7. The molecule has 1 N–H and O–H groups in total. The molecule has 0 spiro atoms. The fourth-order valence-electron chi connectivity index (χ4n) is 2.13. The van der Waals surface area contributed by atoms with Crippen molar-refractivity contribution >= 4 is 45.3 Å². The largest absolute Gasteiger partial charge is 0.451 e. The van der Waals surface area contributed by atoms with Gasteiger partial charge in [-0.05, 0) is 42.9 Å². The number of benzene rings is 1. The molecule has 6 nitrogen and oxygen atoms in total. The molecule has 1 aromatic carbocycles. The van der Waals surface area contributed by atoms with E-state index in [1.807, 2.05) is 20.8 Å². The number of anilines is 1. The molecule has 0 saturated heterocycles. The summed E-state index contributed by atoms with van der Waals surface area (Å²) in [4.78, 5) is 28.8. The zero-order valence-corrected chi connectivity index (χ0v) is 15.0. The molecule has 0 bridgehead atoms. The molecule has 1 amide bonds. The number of hydrogen-bond donors (Lipinski definition) is 1. The number of nitrogens with one attached hydrogen (secondary N) is 1. The highest BCUT2D eigenvalue weighted by Crippen LogP contribution is 2.21. The van der Waals surface area contributed by atoms with E-state index in [0.29, 0.717) is 21.3 Å². The average Bonchev–Trinajstić information content (AvgIpc) is 2.96. The van der Waals surface area contributed by atoms with Crippen LogP contribution in [0.3, 0.4) is 0 Å². The highest BCUT2D eigenvalue weighted by molar-refractivity contribution is 7.99. The predicted molar refractivity (Wildman–Crippen MR) is 96.2 cm³/mol. The number of thioether (sulfide) groups is 1. The lowest BCUT2D eigenvalue weighted by Gasteiger charge is -2.05. The van der Waals surface area contributed by atoms with E-state index in [0.717, 1.165) is 28.4 Å². The third-order valence-electron chi connectivity index (χ3n) is 3.47. The summed E-state index contributed by atoms with van der Waals surface area (Å²) in [6, 6.07) is 4.75. The maximum atomic E-state index is 12.3. The molecule has 0 saturated carbocycles. The summed E-state index contributed by atoms with van der Waals surface area (Å²) in [6.45, 7) is 5.85. The molecular weight excluding hydrogens is 346 g/mol. The van der Waals surface area contributed by atoms with Gasteiger partial charge in [-0.3, -0.25) is 14.9 Å². The molecule has 2 heterocycles. The van der Waals surface area contributed by atoms with Crippen molar-refractivity contribution in [1.82, 2.24) is 9.36 Å². The molecule has 0 aliphatic carbocycles. The quantitative estimate of drug-likeness (QED) is 0.714. The standard InChI is InChI=1S/C16H15N3O3S2/c1-4-23-16-18-15(24-19-16)17-14(21)13-7-11(20)10-5-8(2)9(3)6-12(10)22-13/h5-7H,4H2,1-3H3,(H,17,18,19,21). The zero-order chi connectivity index (χ0) is 17.3. The van der Waals surface area contributed by atoms with Crippen LogP contribution in [0.2, 0.25) is 0 Å². The second-order valence-electron chi connectivity index (χ2n) is 5.18. The van der Waals surface area contributed by atoms with E-state index in [2.05, 4.69) is 14.7 Å². The first kappa shape index (κ1) is 16.7. The van der Waals surface area contributed by atoms with Gasteiger partial charge in [0.05, 0.1) is 5.39 Å². The predicted octanol–water partition coefficient (Wildman–Crippen LogP) is 3.63. The van der Waals surface area contributed by atoms with E-state index in [4.69, 9.17) is 4.42 Å². The van der Waals surface area contributed by atoms with Crippen molar-refractivity contribution in [3.8, 4) is 0 Å². The Morgan fingerprint density at radius 1 is 1.29 bits per heavy atom. The number of carbonyl (C=O) groups excluding carboxylic acids is 1. The van der Waals surface area contributed by atoms with Gasteiger partial charge in [0.2, 0.25) is 10.3 Å². The van der Waals surface area contributed by atoms with Crippen LogP contribution in [0.25, 0.3) is 11.0 Å². The Labute approximate surface area is 146 Å². The smallest absolute Gasteiger partial charge is 0.293 e. The monoisotopic (exact) mass is 361 g/mol. The van der Waals surface area contributed by atoms with Gasteiger partial charge >= 0.3 is 0 Å². The van der Waals surface area contributed by atoms with Crippen LogP contribution in [0.4, 0.5) is 5.13 Å². The van der Waals surface area contributed by atoms with Gasteiger partial charge in [-0.2, -0.15) is 9.36 Å². The lowest BCUT2D eigenvalue weighted by Crippen LogP contribution is -2.15. The molecule has 0 unspecified atom stereocenters. The molecule has 0 aliphatic heterocycles. The van der Waals surface area contributed by atoms with Crippen molar-refractivity contribution in [3.63, 3.8) is 0 Å². The highest BCUT2D eigenvalue weighted by Gasteiger charge is 2.15. The number of aromatic nitrogens is 2. The van der Waals surface area contributed by atoms with E-state index in [1.54, 1.807) is 12.1 Å². The fourth-order valence-corrected chi connectivity index (χ4v) is 3.40. The summed E-state index contributed by atoms with van der Waals surface area (Å²) in [7, 11) is 0. The van der Waals surface area contributed by atoms with Crippen molar-refractivity contribution < 1.29 is 9.21 Å². The van der Waals surface area contributed by atoms with E-state index >= 15 is 0 Å². The molecule has 124 valence electrons. The van der Waals surface area contributed by atoms with E-state index in [-0.39, 0.29) is 11.2 Å². The number of aryl methyl sites for hydroxylation is 2. The molecule has 0 aliphatic rings. The Hall–Kier alpha value is -2.19. The van der Waals surface area contributed by atoms with Gasteiger partial charge in [0.25, 0.3) is 5.91 Å². The molecule has 0 radical (unpaired) electrons. The summed E-state index contributed by atoms with van der Waals surface area (Å²) >= 11 is 2.58. The van der Waals surface area contributed by atoms with E-state index in [9.17, 15) is 9.59 Å². The first-order chi connectivity index (χ1) is 11.5. The molecular formula is C16H15N3O3S2. The molecule has 2 aromatic heterocycles. The molecule has 0 atom stereocenters. The second-order valence-corrected chi connectivity index (χ2v) is 7.16. The van der Waals surface area contributed by atoms with Crippen molar-refractivity contribution in [2.45, 2.75) is 25.9 Å². The summed E-state index contributed by atoms with van der Waals surface area (Å²) in [5.41, 5.74) is 2.15. The van der Waals surface area contributed by atoms with Crippen molar-refractivity contribution in [2.24, 2.45) is 0 Å². The van der Waals surface area contributed by atoms with Gasteiger partial charge in [0.15, 0.2) is 11.2 Å². The maximum absolute atomic E-state index is 12.3. The number of carbonyl (C=O) groups is 1. The Morgan fingerprint density at radius 3 is 2.79 bits per heavy atom. The van der Waals surface area contributed by atoms with Crippen molar-refractivity contribution in [2.75, 3.05) is 11.1 Å². The van der Waals surface area contributed by atoms with Gasteiger partial charge in [-0.1, -0.05) is 18.7 Å². The van der Waals surface area contributed by atoms with Gasteiger partial charge < -0.3 is 4.42 Å². The Morgan fingerprint density at radius 2 is 2.04 bits per heavy atom. The van der Waals surface area contributed by atoms with Crippen molar-refractivity contribution in [3.05, 3.63) is 45.3 Å². The zero-order valence-electron chi connectivity index (χ0n) is 13.4. The summed E-state index contributed by atoms with van der Waals surface area (Å²) in [6.07, 6.45) is 0. The number of nitrogens with zero attached hydrogens (tertiary/aromatic N) is 2. The van der Waals surface area contributed by atoms with Crippen LogP contribution in [0.15, 0.2) is 32.6 Å². The van der Waals surface area contributed by atoms with Gasteiger partial charge in [-0.15, -0.1) is 0 Å². The number of amides is 1. The summed E-state index contributed by atoms with van der Waals surface area (Å²) in [5.74, 6) is 0.287. The summed E-state index contributed by atoms with van der Waals surface area (Å²) < 4.78 is 9.73. The topological polar surface area (TPSA) is 85.1 Å². The maximum Gasteiger partial charge on any atom is 0.293 e. The van der Waals surface area contributed by atoms with Crippen LogP contribution in [-0.4, -0.2) is 21.0 Å². The fraction of sp³-hybridized carbons (Fsp3) is 0.250. The minimum Gasteiger partial charge on any atom is -0.451 e. The minimum absolute atomic E-state index is 0.0457. The van der Waals surface area contributed by atoms with Crippen molar-refractivity contribution in [1.29, 1.82) is 0 Å². The van der Waals surface area contributed by atoms with Crippen LogP contribution < -0.4 is 10.7 Å². The van der Waals surface area contributed by atoms with Crippen LogP contribution in [0.1, 0.15) is 28.6 Å². The second kappa shape index (κ2) is 6.74. The average molecular weight is 361 g/mol. The number of rotatable bonds is 4. The highest BCUT2D eigenvalue weighted by atomic mass is 32.2. The third kappa shape index (κ3) is 3.34. The SMILES string of the molecule is CCSc1nsc(NC(=O)c2cc(=O)c3cc(C)c(C)cc3o2)n1. The minimum atomic E-state index is -0.517. The Bertz CT molecular complexity index is 978. The summed E-state index contributed by atoms with van der Waals surface area (Å²) in [5, 5.41) is 4.07. The van der Waals surface area contributed by atoms with E-state index < -0.39 is 5.91 Å². The molecule has 8 heteroatoms. The van der Waals surface area contributed by atoms with E-state index in [1.165, 1.54) is 17.8 Å². The first-order valence-electron chi connectivity index (χ1n) is 7.31. The first-order valence-corrected chi connectivity index (χ1v) is 9.06. The lowest BCUT2D eigenvalue weighted by atomic mass is 10.1. The normalized spacial score (nSPS) is 11.0. The van der Waals surface area contributed by atoms with Crippen LogP contribution in [0.5, 0.6) is 0 Å². The lowest BCUT2D eigenvalue weighted by molar-refractivity contribution is 0.0997. The Kier molecular flexibility index (Phi) is 4.68. The van der Waals surface area contributed by atoms with Gasteiger partial charge in [0.1, 0.15) is 5.58 Å². The van der Waals surface area contributed by atoms with Gasteiger partial charge in [-0.25, -0.2) is 0 Å². The molecule has 24 heavy (non-hydrogen) atoms. The van der Waals surface area contributed by atoms with Crippen LogP contribution in [0, 0.1) is 13.8 Å². The van der Waals surface area contributed by atoms with Crippen LogP contribution in [-0.2, 0) is 0 Å². The van der Waals surface area contributed by atoms with Crippen LogP contribution >= 0.6 is 23.3 Å².